The molecule has 3 nitrogen and oxygen atoms in total. The highest BCUT2D eigenvalue weighted by molar-refractivity contribution is 5.04. The summed E-state index contributed by atoms with van der Waals surface area (Å²) in [5.74, 6) is 0.745. The molecule has 3 heteroatoms. The zero-order chi connectivity index (χ0) is 10.4. The van der Waals surface area contributed by atoms with E-state index >= 15 is 0 Å². The van der Waals surface area contributed by atoms with Gasteiger partial charge in [0.1, 0.15) is 0 Å². The van der Waals surface area contributed by atoms with Crippen LogP contribution in [0.15, 0.2) is 12.4 Å². The fourth-order valence-electron chi connectivity index (χ4n) is 1.88. The van der Waals surface area contributed by atoms with E-state index in [4.69, 9.17) is 0 Å². The lowest BCUT2D eigenvalue weighted by Gasteiger charge is -2.14. The quantitative estimate of drug-likeness (QED) is 0.747. The number of aryl methyl sites for hydroxylation is 1. The van der Waals surface area contributed by atoms with Gasteiger partial charge in [-0.2, -0.15) is 5.10 Å². The summed E-state index contributed by atoms with van der Waals surface area (Å²) >= 11 is 0. The molecule has 1 heterocycles. The minimum atomic E-state index is 0.745. The van der Waals surface area contributed by atoms with Crippen LogP contribution in [-0.2, 0) is 13.5 Å². The predicted molar refractivity (Wildman–Crippen MR) is 59.2 cm³/mol. The second-order valence-corrected chi connectivity index (χ2v) is 3.94. The van der Waals surface area contributed by atoms with Crippen molar-refractivity contribution in [2.24, 2.45) is 13.0 Å². The summed E-state index contributed by atoms with van der Waals surface area (Å²) in [6, 6.07) is 0. The lowest BCUT2D eigenvalue weighted by atomic mass is 9.97. The Balaban J connectivity index is 2.46. The van der Waals surface area contributed by atoms with Crippen LogP contribution in [0.1, 0.15) is 25.3 Å². The monoisotopic (exact) mass is 195 g/mol. The molecule has 1 N–H and O–H groups in total. The lowest BCUT2D eigenvalue weighted by molar-refractivity contribution is 0.456. The first-order chi connectivity index (χ1) is 6.76. The number of hydrogen-bond donors (Lipinski definition) is 1. The molecule has 0 aliphatic carbocycles. The van der Waals surface area contributed by atoms with Crippen molar-refractivity contribution in [3.63, 3.8) is 0 Å². The predicted octanol–water partition coefficient (Wildman–Crippen LogP) is 1.60. The van der Waals surface area contributed by atoms with Crippen LogP contribution >= 0.6 is 0 Å². The van der Waals surface area contributed by atoms with Crippen LogP contribution in [0.3, 0.4) is 0 Å². The highest BCUT2D eigenvalue weighted by Gasteiger charge is 2.08. The fourth-order valence-corrected chi connectivity index (χ4v) is 1.88. The summed E-state index contributed by atoms with van der Waals surface area (Å²) in [6.45, 7) is 3.34. The fraction of sp³-hybridized carbons (Fsp3) is 0.727. The standard InChI is InChI=1S/C11H21N3/c1-4-5-10(7-12-2)6-11-8-13-14(3)9-11/h8-10,12H,4-7H2,1-3H3. The zero-order valence-corrected chi connectivity index (χ0v) is 9.45. The van der Waals surface area contributed by atoms with Gasteiger partial charge in [0.25, 0.3) is 0 Å². The van der Waals surface area contributed by atoms with Crippen molar-refractivity contribution in [3.05, 3.63) is 18.0 Å². The van der Waals surface area contributed by atoms with Crippen molar-refractivity contribution in [1.29, 1.82) is 0 Å². The molecule has 0 saturated heterocycles. The van der Waals surface area contributed by atoms with E-state index in [0.717, 1.165) is 18.9 Å². The van der Waals surface area contributed by atoms with Gasteiger partial charge in [0.2, 0.25) is 0 Å². The van der Waals surface area contributed by atoms with E-state index in [-0.39, 0.29) is 0 Å². The summed E-state index contributed by atoms with van der Waals surface area (Å²) in [5, 5.41) is 7.44. The summed E-state index contributed by atoms with van der Waals surface area (Å²) in [4.78, 5) is 0. The van der Waals surface area contributed by atoms with Gasteiger partial charge in [-0.05, 0) is 37.9 Å². The maximum absolute atomic E-state index is 4.19. The number of nitrogens with one attached hydrogen (secondary N) is 1. The molecule has 0 fully saturated rings. The molecule has 0 saturated carbocycles. The van der Waals surface area contributed by atoms with E-state index in [2.05, 4.69) is 23.5 Å². The molecule has 1 aromatic rings. The number of aromatic nitrogens is 2. The van der Waals surface area contributed by atoms with Crippen molar-refractivity contribution >= 4 is 0 Å². The normalized spacial score (nSPS) is 13.1. The molecule has 1 aromatic heterocycles. The van der Waals surface area contributed by atoms with Crippen LogP contribution in [0.5, 0.6) is 0 Å². The van der Waals surface area contributed by atoms with Crippen molar-refractivity contribution < 1.29 is 0 Å². The molecule has 0 radical (unpaired) electrons. The third-order valence-corrected chi connectivity index (χ3v) is 2.47. The lowest BCUT2D eigenvalue weighted by Crippen LogP contribution is -2.20. The third-order valence-electron chi connectivity index (χ3n) is 2.47. The van der Waals surface area contributed by atoms with Crippen LogP contribution in [0.2, 0.25) is 0 Å². The minimum Gasteiger partial charge on any atom is -0.319 e. The largest absolute Gasteiger partial charge is 0.319 e. The van der Waals surface area contributed by atoms with Gasteiger partial charge in [0.15, 0.2) is 0 Å². The smallest absolute Gasteiger partial charge is 0.0521 e. The SMILES string of the molecule is CCCC(CNC)Cc1cnn(C)c1. The first-order valence-electron chi connectivity index (χ1n) is 5.38. The molecular weight excluding hydrogens is 174 g/mol. The Kier molecular flexibility index (Phi) is 4.66. The molecule has 0 aliphatic rings. The summed E-state index contributed by atoms with van der Waals surface area (Å²) in [7, 11) is 3.99. The molecule has 1 atom stereocenters. The van der Waals surface area contributed by atoms with Crippen LogP contribution in [0.4, 0.5) is 0 Å². The second kappa shape index (κ2) is 5.81. The van der Waals surface area contributed by atoms with Crippen LogP contribution < -0.4 is 5.32 Å². The summed E-state index contributed by atoms with van der Waals surface area (Å²) < 4.78 is 1.87. The van der Waals surface area contributed by atoms with E-state index < -0.39 is 0 Å². The summed E-state index contributed by atoms with van der Waals surface area (Å²) in [6.07, 6.45) is 7.77. The minimum absolute atomic E-state index is 0.745. The Hall–Kier alpha value is -0.830. The maximum atomic E-state index is 4.19. The second-order valence-electron chi connectivity index (χ2n) is 3.94. The first-order valence-corrected chi connectivity index (χ1v) is 5.38. The molecular formula is C11H21N3. The maximum Gasteiger partial charge on any atom is 0.0521 e. The molecule has 0 bridgehead atoms. The molecule has 1 rings (SSSR count). The number of hydrogen-bond acceptors (Lipinski definition) is 2. The highest BCUT2D eigenvalue weighted by Crippen LogP contribution is 2.12. The molecule has 0 spiro atoms. The van der Waals surface area contributed by atoms with Gasteiger partial charge < -0.3 is 5.32 Å². The molecule has 0 amide bonds. The van der Waals surface area contributed by atoms with Crippen LogP contribution in [0.25, 0.3) is 0 Å². The van der Waals surface area contributed by atoms with E-state index in [1.54, 1.807) is 0 Å². The molecule has 1 unspecified atom stereocenters. The number of rotatable bonds is 6. The molecule has 14 heavy (non-hydrogen) atoms. The van der Waals surface area contributed by atoms with E-state index in [1.807, 2.05) is 25.0 Å². The molecule has 0 aliphatic heterocycles. The third kappa shape index (κ3) is 3.50. The van der Waals surface area contributed by atoms with E-state index in [9.17, 15) is 0 Å². The molecule has 80 valence electrons. The average molecular weight is 195 g/mol. The van der Waals surface area contributed by atoms with Gasteiger partial charge in [-0.3, -0.25) is 4.68 Å². The molecule has 0 aromatic carbocycles. The van der Waals surface area contributed by atoms with Crippen LogP contribution in [-0.4, -0.2) is 23.4 Å². The Morgan fingerprint density at radius 3 is 2.86 bits per heavy atom. The van der Waals surface area contributed by atoms with Crippen molar-refractivity contribution in [3.8, 4) is 0 Å². The van der Waals surface area contributed by atoms with Gasteiger partial charge >= 0.3 is 0 Å². The van der Waals surface area contributed by atoms with Gasteiger partial charge in [0, 0.05) is 13.2 Å². The van der Waals surface area contributed by atoms with Crippen molar-refractivity contribution in [1.82, 2.24) is 15.1 Å². The van der Waals surface area contributed by atoms with Gasteiger partial charge in [0.05, 0.1) is 6.20 Å². The Bertz CT molecular complexity index is 249. The zero-order valence-electron chi connectivity index (χ0n) is 9.45. The van der Waals surface area contributed by atoms with Crippen molar-refractivity contribution in [2.45, 2.75) is 26.2 Å². The van der Waals surface area contributed by atoms with Gasteiger partial charge in [-0.1, -0.05) is 13.3 Å². The Labute approximate surface area is 86.5 Å². The topological polar surface area (TPSA) is 29.9 Å². The van der Waals surface area contributed by atoms with Gasteiger partial charge in [-0.25, -0.2) is 0 Å². The highest BCUT2D eigenvalue weighted by atomic mass is 15.2. The first kappa shape index (κ1) is 11.2. The van der Waals surface area contributed by atoms with Crippen molar-refractivity contribution in [2.75, 3.05) is 13.6 Å². The van der Waals surface area contributed by atoms with Gasteiger partial charge in [-0.15, -0.1) is 0 Å². The summed E-state index contributed by atoms with van der Waals surface area (Å²) in [5.41, 5.74) is 1.35. The number of nitrogens with zero attached hydrogens (tertiary/aromatic N) is 2. The van der Waals surface area contributed by atoms with E-state index in [0.29, 0.717) is 0 Å². The Morgan fingerprint density at radius 2 is 2.36 bits per heavy atom. The average Bonchev–Trinajstić information content (AvgIpc) is 2.52. The van der Waals surface area contributed by atoms with Crippen LogP contribution in [0, 0.1) is 5.92 Å². The van der Waals surface area contributed by atoms with E-state index in [1.165, 1.54) is 18.4 Å². The Morgan fingerprint density at radius 1 is 1.57 bits per heavy atom.